The van der Waals surface area contributed by atoms with Crippen LogP contribution >= 0.6 is 34.0 Å². The summed E-state index contributed by atoms with van der Waals surface area (Å²) in [5.74, 6) is 0. The fourth-order valence-electron chi connectivity index (χ4n) is 6.01. The van der Waals surface area contributed by atoms with Crippen molar-refractivity contribution in [3.8, 4) is 38.9 Å². The van der Waals surface area contributed by atoms with E-state index in [-0.39, 0.29) is 0 Å². The van der Waals surface area contributed by atoms with Gasteiger partial charge < -0.3 is 0 Å². The predicted molar refractivity (Wildman–Crippen MR) is 186 cm³/mol. The number of fused-ring (bicyclic) bond motifs is 7. The molecule has 43 heavy (non-hydrogen) atoms. The summed E-state index contributed by atoms with van der Waals surface area (Å²) in [6.07, 6.45) is 0. The highest BCUT2D eigenvalue weighted by molar-refractivity contribution is 7.26. The molecule has 0 unspecified atom stereocenters. The van der Waals surface area contributed by atoms with Gasteiger partial charge in [-0.2, -0.15) is 5.26 Å². The smallest absolute Gasteiger partial charge is 0.124 e. The quantitative estimate of drug-likeness (QED) is 0.202. The lowest BCUT2D eigenvalue weighted by Crippen LogP contribution is -1.86. The average Bonchev–Trinajstić information content (AvgIpc) is 3.76. The first-order chi connectivity index (χ1) is 21.2. The molecule has 0 atom stereocenters. The van der Waals surface area contributed by atoms with Crippen LogP contribution in [0.15, 0.2) is 121 Å². The van der Waals surface area contributed by atoms with Crippen molar-refractivity contribution in [1.29, 1.82) is 5.26 Å². The van der Waals surface area contributed by atoms with Crippen molar-refractivity contribution in [3.63, 3.8) is 0 Å². The molecule has 0 fully saturated rings. The number of benzene rings is 6. The summed E-state index contributed by atoms with van der Waals surface area (Å²) < 4.78 is 6.24. The van der Waals surface area contributed by atoms with Crippen molar-refractivity contribution in [2.45, 2.75) is 0 Å². The molecule has 9 aromatic rings. The van der Waals surface area contributed by atoms with Crippen LogP contribution < -0.4 is 0 Å². The maximum absolute atomic E-state index is 9.42. The number of rotatable bonds is 3. The van der Waals surface area contributed by atoms with Crippen LogP contribution in [0.1, 0.15) is 5.56 Å². The molecular weight excluding hydrogens is 581 g/mol. The summed E-state index contributed by atoms with van der Waals surface area (Å²) in [6, 6.07) is 45.8. The van der Waals surface area contributed by atoms with Gasteiger partial charge >= 0.3 is 0 Å². The molecular formula is C38H20N2S3. The minimum Gasteiger partial charge on any atom is -0.236 e. The summed E-state index contributed by atoms with van der Waals surface area (Å²) in [5, 5.41) is 15.6. The van der Waals surface area contributed by atoms with E-state index in [1.165, 1.54) is 62.6 Å². The van der Waals surface area contributed by atoms with E-state index in [9.17, 15) is 5.26 Å². The van der Waals surface area contributed by atoms with Crippen LogP contribution in [0, 0.1) is 11.3 Å². The van der Waals surface area contributed by atoms with Gasteiger partial charge in [0, 0.05) is 45.9 Å². The third kappa shape index (κ3) is 4.07. The molecule has 0 aliphatic carbocycles. The van der Waals surface area contributed by atoms with Gasteiger partial charge in [-0.15, -0.1) is 34.0 Å². The summed E-state index contributed by atoms with van der Waals surface area (Å²) >= 11 is 5.33. The second-order valence-electron chi connectivity index (χ2n) is 10.7. The molecule has 0 saturated heterocycles. The summed E-state index contributed by atoms with van der Waals surface area (Å²) in [5.41, 5.74) is 7.38. The van der Waals surface area contributed by atoms with Gasteiger partial charge in [-0.3, -0.25) is 0 Å². The van der Waals surface area contributed by atoms with Gasteiger partial charge in [0.2, 0.25) is 0 Å². The second-order valence-corrected chi connectivity index (χ2v) is 13.9. The van der Waals surface area contributed by atoms with Crippen molar-refractivity contribution >= 4 is 84.6 Å². The number of aromatic nitrogens is 1. The van der Waals surface area contributed by atoms with Crippen molar-refractivity contribution in [3.05, 3.63) is 127 Å². The Kier molecular flexibility index (Phi) is 5.51. The molecule has 0 bridgehead atoms. The lowest BCUT2D eigenvalue weighted by Gasteiger charge is -2.10. The van der Waals surface area contributed by atoms with E-state index < -0.39 is 0 Å². The van der Waals surface area contributed by atoms with Crippen LogP contribution in [0.4, 0.5) is 0 Å². The van der Waals surface area contributed by atoms with Crippen LogP contribution in [0.5, 0.6) is 0 Å². The minimum atomic E-state index is 0.658. The Morgan fingerprint density at radius 2 is 1.00 bits per heavy atom. The average molecular weight is 601 g/mol. The van der Waals surface area contributed by atoms with Crippen LogP contribution in [-0.4, -0.2) is 4.98 Å². The van der Waals surface area contributed by atoms with Crippen molar-refractivity contribution in [2.24, 2.45) is 0 Å². The molecule has 0 N–H and O–H groups in total. The van der Waals surface area contributed by atoms with E-state index in [2.05, 4.69) is 109 Å². The highest BCUT2D eigenvalue weighted by atomic mass is 32.1. The normalized spacial score (nSPS) is 11.7. The lowest BCUT2D eigenvalue weighted by atomic mass is 9.95. The minimum absolute atomic E-state index is 0.658. The van der Waals surface area contributed by atoms with Crippen molar-refractivity contribution in [1.82, 2.24) is 4.98 Å². The molecule has 0 spiro atoms. The molecule has 0 aliphatic heterocycles. The molecule has 0 amide bonds. The first-order valence-corrected chi connectivity index (χ1v) is 16.4. The standard InChI is InChI=1S/C38H20N2S3/c39-21-22-9-14-32-37(15-22)43-38(40-32)27-17-25(23-10-12-30-28-5-1-3-7-33(28)41-35(30)19-23)16-26(18-27)24-11-13-31-29-6-2-4-8-34(29)42-36(31)20-24/h1-20H. The van der Waals surface area contributed by atoms with Gasteiger partial charge in [0.05, 0.1) is 21.8 Å². The summed E-state index contributed by atoms with van der Waals surface area (Å²) in [4.78, 5) is 5.00. The number of thiazole rings is 1. The number of hydrogen-bond acceptors (Lipinski definition) is 5. The first-order valence-electron chi connectivity index (χ1n) is 14.0. The van der Waals surface area contributed by atoms with Gasteiger partial charge in [-0.1, -0.05) is 60.7 Å². The third-order valence-electron chi connectivity index (χ3n) is 8.12. The zero-order valence-corrected chi connectivity index (χ0v) is 25.1. The van der Waals surface area contributed by atoms with Crippen LogP contribution in [0.2, 0.25) is 0 Å². The highest BCUT2D eigenvalue weighted by Crippen LogP contribution is 2.41. The van der Waals surface area contributed by atoms with E-state index >= 15 is 0 Å². The molecule has 5 heteroatoms. The van der Waals surface area contributed by atoms with Gasteiger partial charge in [0.1, 0.15) is 5.01 Å². The topological polar surface area (TPSA) is 36.7 Å². The molecule has 9 rings (SSSR count). The fourth-order valence-corrected chi connectivity index (χ4v) is 9.30. The molecule has 0 radical (unpaired) electrons. The second kappa shape index (κ2) is 9.58. The van der Waals surface area contributed by atoms with Crippen LogP contribution in [0.3, 0.4) is 0 Å². The molecule has 3 aromatic heterocycles. The number of nitrogens with zero attached hydrogens (tertiary/aromatic N) is 2. The predicted octanol–water partition coefficient (Wildman–Crippen LogP) is 11.9. The fraction of sp³-hybridized carbons (Fsp3) is 0. The highest BCUT2D eigenvalue weighted by Gasteiger charge is 2.14. The molecule has 3 heterocycles. The van der Waals surface area contributed by atoms with Crippen LogP contribution in [-0.2, 0) is 0 Å². The lowest BCUT2D eigenvalue weighted by molar-refractivity contribution is 1.46. The summed E-state index contributed by atoms with van der Waals surface area (Å²) in [6.45, 7) is 0. The zero-order chi connectivity index (χ0) is 28.5. The molecule has 0 saturated carbocycles. The molecule has 200 valence electrons. The first kappa shape index (κ1) is 24.7. The Labute approximate surface area is 259 Å². The maximum Gasteiger partial charge on any atom is 0.124 e. The third-order valence-corrected chi connectivity index (χ3v) is 11.5. The number of nitriles is 1. The van der Waals surface area contributed by atoms with E-state index in [4.69, 9.17) is 4.98 Å². The molecule has 6 aromatic carbocycles. The van der Waals surface area contributed by atoms with E-state index in [1.54, 1.807) is 11.3 Å². The van der Waals surface area contributed by atoms with Crippen molar-refractivity contribution in [2.75, 3.05) is 0 Å². The van der Waals surface area contributed by atoms with Crippen LogP contribution in [0.25, 0.3) is 83.4 Å². The van der Waals surface area contributed by atoms with Gasteiger partial charge in [0.15, 0.2) is 0 Å². The van der Waals surface area contributed by atoms with Gasteiger partial charge in [0.25, 0.3) is 0 Å². The van der Waals surface area contributed by atoms with Gasteiger partial charge in [-0.05, 0) is 82.9 Å². The summed E-state index contributed by atoms with van der Waals surface area (Å²) in [7, 11) is 0. The zero-order valence-electron chi connectivity index (χ0n) is 22.7. The van der Waals surface area contributed by atoms with E-state index in [0.717, 1.165) is 20.8 Å². The molecule has 2 nitrogen and oxygen atoms in total. The Hall–Kier alpha value is -4.86. The Morgan fingerprint density at radius 3 is 1.60 bits per heavy atom. The Morgan fingerprint density at radius 1 is 0.442 bits per heavy atom. The maximum atomic E-state index is 9.42. The largest absolute Gasteiger partial charge is 0.236 e. The molecule has 0 aliphatic rings. The number of hydrogen-bond donors (Lipinski definition) is 0. The van der Waals surface area contributed by atoms with Gasteiger partial charge in [-0.25, -0.2) is 4.98 Å². The Balaban J connectivity index is 1.25. The Bertz CT molecular complexity index is 2460. The SMILES string of the molecule is N#Cc1ccc2nc(-c3cc(-c4ccc5c(c4)sc4ccccc45)cc(-c4ccc5c(c4)sc4ccccc45)c3)sc2c1. The number of thiophene rings is 2. The van der Waals surface area contributed by atoms with E-state index in [0.29, 0.717) is 5.56 Å². The van der Waals surface area contributed by atoms with E-state index in [1.807, 2.05) is 40.9 Å². The monoisotopic (exact) mass is 600 g/mol. The van der Waals surface area contributed by atoms with Crippen molar-refractivity contribution < 1.29 is 0 Å².